The van der Waals surface area contributed by atoms with E-state index in [1.165, 1.54) is 0 Å². The largest absolute Gasteiger partial charge is 0.339 e. The smallest absolute Gasteiger partial charge is 0.319 e. The monoisotopic (exact) mass is 378 g/mol. The summed E-state index contributed by atoms with van der Waals surface area (Å²) in [6, 6.07) is 9.07. The Kier molecular flexibility index (Phi) is 5.14. The Bertz CT molecular complexity index is 925. The zero-order chi connectivity index (χ0) is 19.3. The second kappa shape index (κ2) is 8.03. The van der Waals surface area contributed by atoms with Crippen molar-refractivity contribution in [3.05, 3.63) is 48.5 Å². The van der Waals surface area contributed by atoms with Crippen molar-refractivity contribution in [3.8, 4) is 11.4 Å². The molecule has 1 aliphatic rings. The van der Waals surface area contributed by atoms with Crippen LogP contribution in [-0.4, -0.2) is 50.3 Å². The van der Waals surface area contributed by atoms with Crippen molar-refractivity contribution in [1.82, 2.24) is 30.5 Å². The molecule has 0 spiro atoms. The van der Waals surface area contributed by atoms with Crippen molar-refractivity contribution in [2.75, 3.05) is 23.3 Å². The van der Waals surface area contributed by atoms with Gasteiger partial charge in [-0.05, 0) is 50.1 Å². The molecule has 1 atom stereocenters. The molecular formula is C19H22N8O. The maximum Gasteiger partial charge on any atom is 0.319 e. The SMILES string of the molecule is Cc1nc(-c2ccc(NC(=O)N[C@@H]3CCCN(c4ncccn4)C3)cc2)n[nH]1. The highest BCUT2D eigenvalue weighted by Crippen LogP contribution is 2.18. The van der Waals surface area contributed by atoms with E-state index >= 15 is 0 Å². The Morgan fingerprint density at radius 1 is 1.21 bits per heavy atom. The van der Waals surface area contributed by atoms with Gasteiger partial charge in [0.05, 0.1) is 0 Å². The van der Waals surface area contributed by atoms with Crippen molar-refractivity contribution in [3.63, 3.8) is 0 Å². The summed E-state index contributed by atoms with van der Waals surface area (Å²) in [6.45, 7) is 3.44. The number of nitrogens with one attached hydrogen (secondary N) is 3. The molecule has 0 unspecified atom stereocenters. The number of amides is 2. The second-order valence-corrected chi connectivity index (χ2v) is 6.75. The van der Waals surface area contributed by atoms with Crippen LogP contribution in [0.4, 0.5) is 16.4 Å². The maximum absolute atomic E-state index is 12.4. The average molecular weight is 378 g/mol. The van der Waals surface area contributed by atoms with Gasteiger partial charge in [0.15, 0.2) is 5.82 Å². The fraction of sp³-hybridized carbons (Fsp3) is 0.316. The molecule has 1 fully saturated rings. The lowest BCUT2D eigenvalue weighted by Crippen LogP contribution is -2.49. The molecule has 0 radical (unpaired) electrons. The zero-order valence-electron chi connectivity index (χ0n) is 15.6. The minimum absolute atomic E-state index is 0.0491. The molecule has 9 nitrogen and oxygen atoms in total. The van der Waals surface area contributed by atoms with E-state index < -0.39 is 0 Å². The number of carbonyl (C=O) groups excluding carboxylic acids is 1. The molecule has 3 aromatic rings. The molecule has 0 bridgehead atoms. The van der Waals surface area contributed by atoms with Crippen LogP contribution < -0.4 is 15.5 Å². The number of aryl methyl sites for hydroxylation is 1. The molecule has 0 aliphatic carbocycles. The van der Waals surface area contributed by atoms with Crippen LogP contribution >= 0.6 is 0 Å². The highest BCUT2D eigenvalue weighted by molar-refractivity contribution is 5.89. The molecule has 3 heterocycles. The highest BCUT2D eigenvalue weighted by Gasteiger charge is 2.23. The summed E-state index contributed by atoms with van der Waals surface area (Å²) >= 11 is 0. The van der Waals surface area contributed by atoms with Gasteiger partial charge in [-0.2, -0.15) is 5.10 Å². The van der Waals surface area contributed by atoms with Crippen molar-refractivity contribution in [2.45, 2.75) is 25.8 Å². The van der Waals surface area contributed by atoms with Crippen molar-refractivity contribution < 1.29 is 4.79 Å². The first-order chi connectivity index (χ1) is 13.7. The van der Waals surface area contributed by atoms with E-state index in [0.29, 0.717) is 24.0 Å². The number of aromatic nitrogens is 5. The fourth-order valence-electron chi connectivity index (χ4n) is 3.26. The first kappa shape index (κ1) is 17.9. The summed E-state index contributed by atoms with van der Waals surface area (Å²) in [7, 11) is 0. The third-order valence-corrected chi connectivity index (χ3v) is 4.59. The number of rotatable bonds is 4. The van der Waals surface area contributed by atoms with E-state index in [1.807, 2.05) is 31.2 Å². The number of hydrogen-bond donors (Lipinski definition) is 3. The van der Waals surface area contributed by atoms with Crippen LogP contribution in [0.1, 0.15) is 18.7 Å². The minimum Gasteiger partial charge on any atom is -0.339 e. The molecule has 2 aromatic heterocycles. The summed E-state index contributed by atoms with van der Waals surface area (Å²) in [5, 5.41) is 12.9. The summed E-state index contributed by atoms with van der Waals surface area (Å²) in [6.07, 6.45) is 5.37. The Morgan fingerprint density at radius 2 is 2.00 bits per heavy atom. The zero-order valence-corrected chi connectivity index (χ0v) is 15.6. The fourth-order valence-corrected chi connectivity index (χ4v) is 3.26. The number of benzene rings is 1. The van der Waals surface area contributed by atoms with Gasteiger partial charge in [-0.25, -0.2) is 19.7 Å². The van der Waals surface area contributed by atoms with E-state index in [9.17, 15) is 4.79 Å². The Morgan fingerprint density at radius 3 is 2.71 bits per heavy atom. The summed E-state index contributed by atoms with van der Waals surface area (Å²) < 4.78 is 0. The Labute approximate surface area is 162 Å². The van der Waals surface area contributed by atoms with Gasteiger partial charge in [-0.15, -0.1) is 0 Å². The number of urea groups is 1. The molecule has 2 amide bonds. The Hall–Kier alpha value is -3.49. The van der Waals surface area contributed by atoms with Crippen molar-refractivity contribution in [2.24, 2.45) is 0 Å². The number of piperidine rings is 1. The predicted octanol–water partition coefficient (Wildman–Crippen LogP) is 2.36. The molecule has 3 N–H and O–H groups in total. The summed E-state index contributed by atoms with van der Waals surface area (Å²) in [5.41, 5.74) is 1.61. The van der Waals surface area contributed by atoms with E-state index in [4.69, 9.17) is 0 Å². The molecule has 1 aliphatic heterocycles. The maximum atomic E-state index is 12.4. The average Bonchev–Trinajstić information content (AvgIpc) is 3.16. The topological polar surface area (TPSA) is 112 Å². The Balaban J connectivity index is 1.32. The number of hydrogen-bond acceptors (Lipinski definition) is 6. The standard InChI is InChI=1S/C19H22N8O/c1-13-22-17(26-25-13)14-5-7-15(8-6-14)23-19(28)24-16-4-2-11-27(12-16)18-20-9-3-10-21-18/h3,5-10,16H,2,4,11-12H2,1H3,(H,22,25,26)(H2,23,24,28)/t16-/m1/s1. The van der Waals surface area contributed by atoms with Crippen LogP contribution in [0.5, 0.6) is 0 Å². The lowest BCUT2D eigenvalue weighted by Gasteiger charge is -2.33. The molecule has 0 saturated carbocycles. The summed E-state index contributed by atoms with van der Waals surface area (Å²) in [4.78, 5) is 27.4. The normalized spacial score (nSPS) is 16.6. The van der Waals surface area contributed by atoms with Gasteiger partial charge in [-0.3, -0.25) is 5.10 Å². The van der Waals surface area contributed by atoms with Crippen LogP contribution in [0.15, 0.2) is 42.7 Å². The van der Waals surface area contributed by atoms with Gasteiger partial charge in [0, 0.05) is 42.8 Å². The minimum atomic E-state index is -0.220. The van der Waals surface area contributed by atoms with Crippen LogP contribution in [-0.2, 0) is 0 Å². The lowest BCUT2D eigenvalue weighted by atomic mass is 10.1. The number of anilines is 2. The molecule has 28 heavy (non-hydrogen) atoms. The highest BCUT2D eigenvalue weighted by atomic mass is 16.2. The lowest BCUT2D eigenvalue weighted by molar-refractivity contribution is 0.246. The third kappa shape index (κ3) is 4.25. The predicted molar refractivity (Wildman–Crippen MR) is 106 cm³/mol. The molecular weight excluding hydrogens is 356 g/mol. The molecule has 144 valence electrons. The van der Waals surface area contributed by atoms with E-state index in [0.717, 1.165) is 30.8 Å². The van der Waals surface area contributed by atoms with Crippen LogP contribution in [0.2, 0.25) is 0 Å². The van der Waals surface area contributed by atoms with Crippen LogP contribution in [0, 0.1) is 6.92 Å². The quantitative estimate of drug-likeness (QED) is 0.643. The third-order valence-electron chi connectivity index (χ3n) is 4.59. The van der Waals surface area contributed by atoms with Crippen molar-refractivity contribution in [1.29, 1.82) is 0 Å². The molecule has 1 aromatic carbocycles. The van der Waals surface area contributed by atoms with Gasteiger partial charge in [-0.1, -0.05) is 0 Å². The van der Waals surface area contributed by atoms with Gasteiger partial charge in [0.25, 0.3) is 0 Å². The second-order valence-electron chi connectivity index (χ2n) is 6.75. The van der Waals surface area contributed by atoms with Crippen molar-refractivity contribution >= 4 is 17.7 Å². The van der Waals surface area contributed by atoms with Crippen LogP contribution in [0.3, 0.4) is 0 Å². The summed E-state index contributed by atoms with van der Waals surface area (Å²) in [5.74, 6) is 2.10. The van der Waals surface area contributed by atoms with Gasteiger partial charge >= 0.3 is 6.03 Å². The number of aromatic amines is 1. The first-order valence-electron chi connectivity index (χ1n) is 9.26. The molecule has 4 rings (SSSR count). The molecule has 9 heteroatoms. The van der Waals surface area contributed by atoms with Gasteiger partial charge in [0.1, 0.15) is 5.82 Å². The van der Waals surface area contributed by atoms with E-state index in [1.54, 1.807) is 18.5 Å². The van der Waals surface area contributed by atoms with Crippen LogP contribution in [0.25, 0.3) is 11.4 Å². The first-order valence-corrected chi connectivity index (χ1v) is 9.26. The number of H-pyrrole nitrogens is 1. The van der Waals surface area contributed by atoms with E-state index in [2.05, 4.69) is 40.7 Å². The van der Waals surface area contributed by atoms with Gasteiger partial charge < -0.3 is 15.5 Å². The number of carbonyl (C=O) groups is 1. The van der Waals surface area contributed by atoms with Gasteiger partial charge in [0.2, 0.25) is 5.95 Å². The van der Waals surface area contributed by atoms with E-state index in [-0.39, 0.29) is 12.1 Å². The number of nitrogens with zero attached hydrogens (tertiary/aromatic N) is 5. The molecule has 1 saturated heterocycles.